The summed E-state index contributed by atoms with van der Waals surface area (Å²) in [5.74, 6) is -0.672. The largest absolute Gasteiger partial charge is 0.493 e. The number of aliphatic carboxylic acids is 1. The summed E-state index contributed by atoms with van der Waals surface area (Å²) in [5, 5.41) is 13.5. The van der Waals surface area contributed by atoms with Gasteiger partial charge in [0, 0.05) is 18.9 Å². The van der Waals surface area contributed by atoms with Crippen molar-refractivity contribution >= 4 is 22.6 Å². The molecule has 1 atom stereocenters. The van der Waals surface area contributed by atoms with E-state index in [1.807, 2.05) is 42.5 Å². The van der Waals surface area contributed by atoms with Gasteiger partial charge in [0.1, 0.15) is 5.75 Å². The van der Waals surface area contributed by atoms with Crippen molar-refractivity contribution < 1.29 is 24.2 Å². The number of benzene rings is 2. The number of carbonyl (C=O) groups excluding carboxylic acids is 1. The lowest BCUT2D eigenvalue weighted by Crippen LogP contribution is -2.43. The number of hydrogen-bond acceptors (Lipinski definition) is 4. The van der Waals surface area contributed by atoms with Crippen molar-refractivity contribution in [3.63, 3.8) is 0 Å². The van der Waals surface area contributed by atoms with Crippen LogP contribution in [0.15, 0.2) is 42.5 Å². The molecule has 2 aromatic rings. The highest BCUT2D eigenvalue weighted by atomic mass is 16.5. The Bertz CT molecular complexity index is 695. The summed E-state index contributed by atoms with van der Waals surface area (Å²) in [5.41, 5.74) is 0. The zero-order valence-electron chi connectivity index (χ0n) is 13.5. The Hall–Kier alpha value is -2.60. The van der Waals surface area contributed by atoms with Gasteiger partial charge in [-0.2, -0.15) is 0 Å². The third-order valence-electron chi connectivity index (χ3n) is 3.52. The Morgan fingerprint density at radius 2 is 1.92 bits per heavy atom. The van der Waals surface area contributed by atoms with E-state index in [1.54, 1.807) is 0 Å². The molecule has 0 aliphatic rings. The molecule has 1 unspecified atom stereocenters. The van der Waals surface area contributed by atoms with Gasteiger partial charge in [-0.25, -0.2) is 4.79 Å². The molecule has 24 heavy (non-hydrogen) atoms. The van der Waals surface area contributed by atoms with Crippen LogP contribution in [0, 0.1) is 0 Å². The lowest BCUT2D eigenvalue weighted by Gasteiger charge is -2.13. The highest BCUT2D eigenvalue weighted by Crippen LogP contribution is 2.25. The van der Waals surface area contributed by atoms with Gasteiger partial charge in [0.2, 0.25) is 5.91 Å². The van der Waals surface area contributed by atoms with Gasteiger partial charge in [-0.3, -0.25) is 4.79 Å². The summed E-state index contributed by atoms with van der Waals surface area (Å²) in [7, 11) is 1.39. The second-order valence-corrected chi connectivity index (χ2v) is 5.34. The van der Waals surface area contributed by atoms with Crippen LogP contribution >= 0.6 is 0 Å². The van der Waals surface area contributed by atoms with Crippen molar-refractivity contribution in [2.24, 2.45) is 0 Å². The van der Waals surface area contributed by atoms with E-state index in [-0.39, 0.29) is 18.9 Å². The number of ether oxygens (including phenoxy) is 2. The molecule has 0 radical (unpaired) electrons. The predicted octanol–water partition coefficient (Wildman–Crippen LogP) is 2.21. The van der Waals surface area contributed by atoms with Gasteiger partial charge in [-0.1, -0.05) is 36.4 Å². The van der Waals surface area contributed by atoms with E-state index in [4.69, 9.17) is 14.6 Å². The summed E-state index contributed by atoms with van der Waals surface area (Å²) >= 11 is 0. The van der Waals surface area contributed by atoms with Crippen molar-refractivity contribution in [1.82, 2.24) is 5.32 Å². The van der Waals surface area contributed by atoms with Gasteiger partial charge in [-0.15, -0.1) is 0 Å². The molecule has 2 N–H and O–H groups in total. The van der Waals surface area contributed by atoms with E-state index >= 15 is 0 Å². The van der Waals surface area contributed by atoms with Crippen LogP contribution in [0.3, 0.4) is 0 Å². The minimum Gasteiger partial charge on any atom is -0.493 e. The number of hydrogen-bond donors (Lipinski definition) is 2. The highest BCUT2D eigenvalue weighted by molar-refractivity contribution is 5.88. The van der Waals surface area contributed by atoms with Gasteiger partial charge in [0.15, 0.2) is 6.04 Å². The van der Waals surface area contributed by atoms with Crippen molar-refractivity contribution in [2.45, 2.75) is 18.9 Å². The van der Waals surface area contributed by atoms with Crippen LogP contribution < -0.4 is 10.1 Å². The zero-order chi connectivity index (χ0) is 17.4. The zero-order valence-corrected chi connectivity index (χ0v) is 13.5. The van der Waals surface area contributed by atoms with Gasteiger partial charge in [-0.05, 0) is 17.9 Å². The first-order chi connectivity index (χ1) is 11.6. The molecule has 0 heterocycles. The van der Waals surface area contributed by atoms with Crippen molar-refractivity contribution in [3.8, 4) is 5.75 Å². The Labute approximate surface area is 140 Å². The highest BCUT2D eigenvalue weighted by Gasteiger charge is 2.19. The fourth-order valence-corrected chi connectivity index (χ4v) is 2.34. The quantitative estimate of drug-likeness (QED) is 0.688. The van der Waals surface area contributed by atoms with E-state index in [0.29, 0.717) is 13.0 Å². The maximum Gasteiger partial charge on any atom is 0.328 e. The molecule has 0 fully saturated rings. The first-order valence-electron chi connectivity index (χ1n) is 7.73. The average Bonchev–Trinajstić information content (AvgIpc) is 2.58. The first-order valence-corrected chi connectivity index (χ1v) is 7.73. The van der Waals surface area contributed by atoms with Crippen LogP contribution in [-0.2, 0) is 14.3 Å². The van der Waals surface area contributed by atoms with Crippen LogP contribution in [0.5, 0.6) is 5.75 Å². The molecule has 6 heteroatoms. The van der Waals surface area contributed by atoms with Crippen LogP contribution in [0.2, 0.25) is 0 Å². The molecule has 2 rings (SSSR count). The van der Waals surface area contributed by atoms with E-state index in [2.05, 4.69) is 5.32 Å². The third-order valence-corrected chi connectivity index (χ3v) is 3.52. The number of nitrogens with one attached hydrogen (secondary N) is 1. The monoisotopic (exact) mass is 331 g/mol. The van der Waals surface area contributed by atoms with E-state index in [0.717, 1.165) is 16.5 Å². The van der Waals surface area contributed by atoms with Crippen LogP contribution in [0.1, 0.15) is 12.8 Å². The molecule has 0 spiro atoms. The van der Waals surface area contributed by atoms with Crippen LogP contribution in [0.25, 0.3) is 10.8 Å². The van der Waals surface area contributed by atoms with Gasteiger partial charge in [0.25, 0.3) is 0 Å². The molecule has 0 aromatic heterocycles. The minimum absolute atomic E-state index is 0.0619. The van der Waals surface area contributed by atoms with Crippen molar-refractivity contribution in [1.29, 1.82) is 0 Å². The van der Waals surface area contributed by atoms with Crippen LogP contribution in [-0.4, -0.2) is 43.3 Å². The standard InChI is InChI=1S/C18H21NO5/c1-23-12-15(18(21)22)19-17(20)10-5-11-24-16-9-4-7-13-6-2-3-8-14(13)16/h2-4,6-9,15H,5,10-12H2,1H3,(H,19,20)(H,21,22). The fraction of sp³-hybridized carbons (Fsp3) is 0.333. The SMILES string of the molecule is COCC(NC(=O)CCCOc1cccc2ccccc12)C(=O)O. The van der Waals surface area contributed by atoms with Crippen LogP contribution in [0.4, 0.5) is 0 Å². The van der Waals surface area contributed by atoms with Gasteiger partial charge in [0.05, 0.1) is 13.2 Å². The smallest absolute Gasteiger partial charge is 0.328 e. The van der Waals surface area contributed by atoms with Crippen molar-refractivity contribution in [2.75, 3.05) is 20.3 Å². The molecule has 0 aliphatic carbocycles. The molecular formula is C18H21NO5. The molecule has 0 saturated carbocycles. The lowest BCUT2D eigenvalue weighted by molar-refractivity contribution is -0.143. The predicted molar refractivity (Wildman–Crippen MR) is 90.1 cm³/mol. The summed E-state index contributed by atoms with van der Waals surface area (Å²) in [6, 6.07) is 12.7. The number of fused-ring (bicyclic) bond motifs is 1. The normalized spacial score (nSPS) is 11.9. The average molecular weight is 331 g/mol. The molecule has 1 amide bonds. The number of methoxy groups -OCH3 is 1. The first kappa shape index (κ1) is 17.7. The Balaban J connectivity index is 1.80. The van der Waals surface area contributed by atoms with Crippen molar-refractivity contribution in [3.05, 3.63) is 42.5 Å². The summed E-state index contributed by atoms with van der Waals surface area (Å²) in [6.07, 6.45) is 0.687. The Morgan fingerprint density at radius 1 is 1.17 bits per heavy atom. The lowest BCUT2D eigenvalue weighted by atomic mass is 10.1. The Morgan fingerprint density at radius 3 is 2.67 bits per heavy atom. The number of rotatable bonds is 9. The summed E-state index contributed by atoms with van der Waals surface area (Å²) < 4.78 is 10.5. The number of carbonyl (C=O) groups is 2. The molecule has 2 aromatic carbocycles. The van der Waals surface area contributed by atoms with E-state index < -0.39 is 12.0 Å². The topological polar surface area (TPSA) is 84.9 Å². The third kappa shape index (κ3) is 4.96. The molecule has 6 nitrogen and oxygen atoms in total. The van der Waals surface area contributed by atoms with Gasteiger partial charge >= 0.3 is 5.97 Å². The summed E-state index contributed by atoms with van der Waals surface area (Å²) in [6.45, 7) is 0.316. The molecule has 0 saturated heterocycles. The van der Waals surface area contributed by atoms with E-state index in [9.17, 15) is 9.59 Å². The molecular weight excluding hydrogens is 310 g/mol. The second kappa shape index (κ2) is 8.88. The molecule has 128 valence electrons. The number of carboxylic acid groups (broad SMARTS) is 1. The second-order valence-electron chi connectivity index (χ2n) is 5.34. The maximum absolute atomic E-state index is 11.8. The number of amides is 1. The summed E-state index contributed by atoms with van der Waals surface area (Å²) in [4.78, 5) is 22.7. The molecule has 0 aliphatic heterocycles. The van der Waals surface area contributed by atoms with Gasteiger partial charge < -0.3 is 19.9 Å². The Kier molecular flexibility index (Phi) is 6.57. The minimum atomic E-state index is -1.11. The molecule has 0 bridgehead atoms. The fourth-order valence-electron chi connectivity index (χ4n) is 2.34. The maximum atomic E-state index is 11.8. The van der Waals surface area contributed by atoms with E-state index in [1.165, 1.54) is 7.11 Å². The number of carboxylic acids is 1.